The Morgan fingerprint density at radius 3 is 1.69 bits per heavy atom. The number of amides is 2. The van der Waals surface area contributed by atoms with Crippen molar-refractivity contribution >= 4 is 29.0 Å². The highest BCUT2D eigenvalue weighted by Gasteiger charge is 2.62. The van der Waals surface area contributed by atoms with Gasteiger partial charge >= 0.3 is 5.97 Å². The van der Waals surface area contributed by atoms with Crippen LogP contribution in [0, 0.1) is 23.7 Å². The summed E-state index contributed by atoms with van der Waals surface area (Å²) in [6.45, 7) is 2.03. The molecule has 6 rings (SSSR count). The van der Waals surface area contributed by atoms with E-state index in [0.717, 1.165) is 22.3 Å². The molecule has 2 bridgehead atoms. The third-order valence-electron chi connectivity index (χ3n) is 7.47. The van der Waals surface area contributed by atoms with Gasteiger partial charge in [-0.25, -0.2) is 9.69 Å². The molecule has 2 amide bonds. The summed E-state index contributed by atoms with van der Waals surface area (Å²) in [7, 11) is 0. The molecule has 0 radical (unpaired) electrons. The van der Waals surface area contributed by atoms with E-state index in [9.17, 15) is 14.4 Å². The second kappa shape index (κ2) is 8.76. The summed E-state index contributed by atoms with van der Waals surface area (Å²) < 4.78 is 5.04. The van der Waals surface area contributed by atoms with Gasteiger partial charge in [-0.15, -0.1) is 0 Å². The van der Waals surface area contributed by atoms with E-state index in [-0.39, 0.29) is 30.3 Å². The second-order valence-corrected chi connectivity index (χ2v) is 9.33. The molecule has 1 aliphatic heterocycles. The maximum Gasteiger partial charge on any atom is 0.338 e. The smallest absolute Gasteiger partial charge is 0.338 e. The fourth-order valence-electron chi connectivity index (χ4n) is 6.02. The normalized spacial score (nSPS) is 23.8. The van der Waals surface area contributed by atoms with E-state index in [1.165, 1.54) is 4.90 Å². The number of ether oxygens (including phenoxy) is 1. The SMILES string of the molecule is CCOC(=O)c1ccc(N2C(=O)[C@@H]3[C@@H](C2=O)[C@H]2C=C[C@H]3C2=C(c2ccccc2)c2ccccc2)cc1. The number of nitrogens with zero attached hydrogens (tertiary/aromatic N) is 1. The number of carbonyl (C=O) groups excluding carboxylic acids is 3. The van der Waals surface area contributed by atoms with Crippen LogP contribution in [0.5, 0.6) is 0 Å². The molecule has 0 unspecified atom stereocenters. The van der Waals surface area contributed by atoms with Gasteiger partial charge < -0.3 is 4.74 Å². The first kappa shape index (κ1) is 22.2. The lowest BCUT2D eigenvalue weighted by molar-refractivity contribution is -0.122. The van der Waals surface area contributed by atoms with Crippen LogP contribution in [0.2, 0.25) is 0 Å². The number of hydrogen-bond acceptors (Lipinski definition) is 4. The van der Waals surface area contributed by atoms with Crippen LogP contribution in [-0.2, 0) is 14.3 Å². The van der Waals surface area contributed by atoms with E-state index in [2.05, 4.69) is 36.4 Å². The predicted octanol–water partition coefficient (Wildman–Crippen LogP) is 5.29. The third-order valence-corrected chi connectivity index (χ3v) is 7.47. The van der Waals surface area contributed by atoms with Gasteiger partial charge in [-0.2, -0.15) is 0 Å². The number of allylic oxidation sites excluding steroid dienone is 3. The molecule has 2 fully saturated rings. The van der Waals surface area contributed by atoms with E-state index >= 15 is 0 Å². The van der Waals surface area contributed by atoms with Crippen LogP contribution in [0.15, 0.2) is 103 Å². The largest absolute Gasteiger partial charge is 0.462 e. The first-order valence-corrected chi connectivity index (χ1v) is 12.3. The van der Waals surface area contributed by atoms with Crippen molar-refractivity contribution in [3.05, 3.63) is 119 Å². The fourth-order valence-corrected chi connectivity index (χ4v) is 6.02. The van der Waals surface area contributed by atoms with Gasteiger partial charge in [-0.1, -0.05) is 72.8 Å². The van der Waals surface area contributed by atoms with Gasteiger partial charge in [-0.05, 0) is 53.5 Å². The molecule has 0 N–H and O–H groups in total. The molecule has 5 heteroatoms. The number of rotatable bonds is 5. The van der Waals surface area contributed by atoms with Gasteiger partial charge in [-0.3, -0.25) is 9.59 Å². The Morgan fingerprint density at radius 2 is 1.22 bits per heavy atom. The van der Waals surface area contributed by atoms with Crippen LogP contribution in [0.3, 0.4) is 0 Å². The number of imide groups is 1. The lowest BCUT2D eigenvalue weighted by atomic mass is 9.85. The third kappa shape index (κ3) is 3.34. The van der Waals surface area contributed by atoms with Gasteiger partial charge in [0.15, 0.2) is 0 Å². The van der Waals surface area contributed by atoms with Gasteiger partial charge in [0.25, 0.3) is 0 Å². The molecule has 0 spiro atoms. The minimum absolute atomic E-state index is 0.129. The van der Waals surface area contributed by atoms with E-state index in [0.29, 0.717) is 11.3 Å². The number of hydrogen-bond donors (Lipinski definition) is 0. The Morgan fingerprint density at radius 1 is 0.722 bits per heavy atom. The van der Waals surface area contributed by atoms with Crippen molar-refractivity contribution in [1.82, 2.24) is 0 Å². The highest BCUT2D eigenvalue weighted by molar-refractivity contribution is 6.23. The molecular weight excluding hydrogens is 450 g/mol. The van der Waals surface area contributed by atoms with Gasteiger partial charge in [0.05, 0.1) is 29.7 Å². The molecule has 3 aromatic carbocycles. The van der Waals surface area contributed by atoms with Gasteiger partial charge in [0.1, 0.15) is 0 Å². The number of benzene rings is 3. The van der Waals surface area contributed by atoms with Crippen LogP contribution < -0.4 is 4.90 Å². The summed E-state index contributed by atoms with van der Waals surface area (Å²) in [5.41, 5.74) is 5.32. The standard InChI is InChI=1S/C31H25NO4/c1-2-36-31(35)21-13-15-22(16-14-21)32-29(33)27-23-17-18-24(28(27)30(32)34)26(23)25(19-9-5-3-6-10-19)20-11-7-4-8-12-20/h3-18,23-24,27-28H,2H2,1H3/t23-,24-,27-,28-/m0/s1. The molecular formula is C31H25NO4. The molecule has 1 heterocycles. The summed E-state index contributed by atoms with van der Waals surface area (Å²) in [6, 6.07) is 26.9. The molecule has 2 aliphatic carbocycles. The highest BCUT2D eigenvalue weighted by atomic mass is 16.5. The zero-order valence-electron chi connectivity index (χ0n) is 19.8. The monoisotopic (exact) mass is 475 g/mol. The summed E-state index contributed by atoms with van der Waals surface area (Å²) in [5, 5.41) is 0. The summed E-state index contributed by atoms with van der Waals surface area (Å²) >= 11 is 0. The van der Waals surface area contributed by atoms with Crippen LogP contribution in [-0.4, -0.2) is 24.4 Å². The fraction of sp³-hybridized carbons (Fsp3) is 0.194. The van der Waals surface area contributed by atoms with E-state index in [1.807, 2.05) is 36.4 Å². The van der Waals surface area contributed by atoms with Gasteiger partial charge in [0.2, 0.25) is 11.8 Å². The Hall–Kier alpha value is -4.25. The van der Waals surface area contributed by atoms with Crippen LogP contribution in [0.4, 0.5) is 5.69 Å². The van der Waals surface area contributed by atoms with Crippen molar-refractivity contribution < 1.29 is 19.1 Å². The minimum Gasteiger partial charge on any atom is -0.462 e. The van der Waals surface area contributed by atoms with Crippen molar-refractivity contribution in [2.24, 2.45) is 23.7 Å². The minimum atomic E-state index is -0.425. The molecule has 5 nitrogen and oxygen atoms in total. The lowest BCUT2D eigenvalue weighted by Gasteiger charge is -2.21. The molecule has 1 saturated carbocycles. The maximum absolute atomic E-state index is 13.7. The Balaban J connectivity index is 1.39. The lowest BCUT2D eigenvalue weighted by Crippen LogP contribution is -2.33. The molecule has 1 saturated heterocycles. The van der Waals surface area contributed by atoms with E-state index in [1.54, 1.807) is 31.2 Å². The first-order chi connectivity index (χ1) is 17.6. The van der Waals surface area contributed by atoms with Crippen molar-refractivity contribution in [3.8, 4) is 0 Å². The molecule has 36 heavy (non-hydrogen) atoms. The first-order valence-electron chi connectivity index (χ1n) is 12.3. The molecule has 3 aromatic rings. The van der Waals surface area contributed by atoms with Crippen LogP contribution in [0.25, 0.3) is 5.57 Å². The van der Waals surface area contributed by atoms with Gasteiger partial charge in [0, 0.05) is 11.8 Å². The van der Waals surface area contributed by atoms with Crippen molar-refractivity contribution in [1.29, 1.82) is 0 Å². The zero-order valence-corrected chi connectivity index (χ0v) is 19.8. The molecule has 4 atom stereocenters. The number of carbonyl (C=O) groups is 3. The molecule has 178 valence electrons. The van der Waals surface area contributed by atoms with Crippen molar-refractivity contribution in [3.63, 3.8) is 0 Å². The van der Waals surface area contributed by atoms with Crippen LogP contribution >= 0.6 is 0 Å². The average molecular weight is 476 g/mol. The summed E-state index contributed by atoms with van der Waals surface area (Å²) in [4.78, 5) is 40.7. The Labute approximate surface area is 209 Å². The molecule has 3 aliphatic rings. The predicted molar refractivity (Wildman–Crippen MR) is 137 cm³/mol. The Bertz CT molecular complexity index is 1330. The van der Waals surface area contributed by atoms with Crippen molar-refractivity contribution in [2.45, 2.75) is 6.92 Å². The van der Waals surface area contributed by atoms with Crippen LogP contribution in [0.1, 0.15) is 28.4 Å². The summed E-state index contributed by atoms with van der Waals surface area (Å²) in [5.74, 6) is -1.88. The van der Waals surface area contributed by atoms with E-state index in [4.69, 9.17) is 4.74 Å². The number of anilines is 1. The Kier molecular flexibility index (Phi) is 5.41. The number of esters is 1. The second-order valence-electron chi connectivity index (χ2n) is 9.33. The highest BCUT2D eigenvalue weighted by Crippen LogP contribution is 2.58. The zero-order chi connectivity index (χ0) is 24.8. The summed E-state index contributed by atoms with van der Waals surface area (Å²) in [6.07, 6.45) is 4.21. The quantitative estimate of drug-likeness (QED) is 0.286. The maximum atomic E-state index is 13.7. The van der Waals surface area contributed by atoms with Crippen molar-refractivity contribution in [2.75, 3.05) is 11.5 Å². The molecule has 0 aromatic heterocycles. The topological polar surface area (TPSA) is 63.7 Å². The van der Waals surface area contributed by atoms with E-state index < -0.39 is 17.8 Å². The average Bonchev–Trinajstić information content (AvgIpc) is 3.55. The number of fused-ring (bicyclic) bond motifs is 5.